The highest BCUT2D eigenvalue weighted by Gasteiger charge is 2.12. The molecule has 1 fully saturated rings. The highest BCUT2D eigenvalue weighted by molar-refractivity contribution is 5.82. The maximum Gasteiger partial charge on any atom is 0.270 e. The predicted octanol–water partition coefficient (Wildman–Crippen LogP) is 1.88. The zero-order valence-corrected chi connectivity index (χ0v) is 11.2. The van der Waals surface area contributed by atoms with Gasteiger partial charge in [-0.15, -0.1) is 0 Å². The molecule has 1 aliphatic heterocycles. The fraction of sp³-hybridized carbons (Fsp3) is 0.429. The van der Waals surface area contributed by atoms with Gasteiger partial charge in [0, 0.05) is 55.4 Å². The number of nitro benzene ring substituents is 1. The van der Waals surface area contributed by atoms with Crippen LogP contribution in [-0.2, 0) is 11.3 Å². The quantitative estimate of drug-likeness (QED) is 0.631. The van der Waals surface area contributed by atoms with E-state index in [1.807, 2.05) is 18.3 Å². The number of morpholine rings is 1. The lowest BCUT2D eigenvalue weighted by molar-refractivity contribution is -0.384. The van der Waals surface area contributed by atoms with Crippen molar-refractivity contribution in [3.8, 4) is 0 Å². The van der Waals surface area contributed by atoms with Crippen LogP contribution in [0, 0.1) is 10.1 Å². The summed E-state index contributed by atoms with van der Waals surface area (Å²) in [5, 5.41) is 11.7. The van der Waals surface area contributed by atoms with Gasteiger partial charge in [-0.25, -0.2) is 0 Å². The van der Waals surface area contributed by atoms with Gasteiger partial charge in [0.2, 0.25) is 0 Å². The molecule has 0 atom stereocenters. The molecule has 20 heavy (non-hydrogen) atoms. The summed E-state index contributed by atoms with van der Waals surface area (Å²) in [6.07, 6.45) is 1.99. The number of non-ortho nitro benzene ring substituents is 1. The van der Waals surface area contributed by atoms with E-state index in [9.17, 15) is 10.1 Å². The Morgan fingerprint density at radius 2 is 2.00 bits per heavy atom. The summed E-state index contributed by atoms with van der Waals surface area (Å²) in [5.74, 6) is 0. The fourth-order valence-corrected chi connectivity index (χ4v) is 2.57. The van der Waals surface area contributed by atoms with Gasteiger partial charge in [-0.1, -0.05) is 0 Å². The summed E-state index contributed by atoms with van der Waals surface area (Å²) >= 11 is 0. The Balaban J connectivity index is 1.73. The first kappa shape index (κ1) is 13.1. The second-order valence-electron chi connectivity index (χ2n) is 4.96. The number of hydrogen-bond donors (Lipinski definition) is 0. The Bertz CT molecular complexity index is 617. The van der Waals surface area contributed by atoms with Crippen molar-refractivity contribution < 1.29 is 9.66 Å². The standard InChI is InChI=1S/C14H17N3O3/c18-17(19)13-1-2-14-12(11-13)3-4-16(14)6-5-15-7-9-20-10-8-15/h1-4,11H,5-10H2. The zero-order valence-electron chi connectivity index (χ0n) is 11.2. The number of nitrogens with zero attached hydrogens (tertiary/aromatic N) is 3. The minimum Gasteiger partial charge on any atom is -0.379 e. The van der Waals surface area contributed by atoms with Gasteiger partial charge >= 0.3 is 0 Å². The van der Waals surface area contributed by atoms with Crippen molar-refractivity contribution in [3.05, 3.63) is 40.6 Å². The predicted molar refractivity (Wildman–Crippen MR) is 75.9 cm³/mol. The molecule has 0 unspecified atom stereocenters. The number of fused-ring (bicyclic) bond motifs is 1. The van der Waals surface area contributed by atoms with E-state index in [1.165, 1.54) is 0 Å². The fourth-order valence-electron chi connectivity index (χ4n) is 2.57. The lowest BCUT2D eigenvalue weighted by Crippen LogP contribution is -2.38. The molecule has 6 nitrogen and oxygen atoms in total. The first-order valence-electron chi connectivity index (χ1n) is 6.77. The van der Waals surface area contributed by atoms with Crippen LogP contribution in [0.1, 0.15) is 0 Å². The maximum atomic E-state index is 10.8. The molecule has 1 aliphatic rings. The van der Waals surface area contributed by atoms with Crippen molar-refractivity contribution in [2.45, 2.75) is 6.54 Å². The molecule has 0 N–H and O–H groups in total. The van der Waals surface area contributed by atoms with Gasteiger partial charge in [0.25, 0.3) is 5.69 Å². The molecule has 1 aromatic carbocycles. The van der Waals surface area contributed by atoms with Gasteiger partial charge in [-0.2, -0.15) is 0 Å². The minimum absolute atomic E-state index is 0.142. The highest BCUT2D eigenvalue weighted by atomic mass is 16.6. The van der Waals surface area contributed by atoms with E-state index in [-0.39, 0.29) is 10.6 Å². The average molecular weight is 275 g/mol. The molecule has 0 aliphatic carbocycles. The van der Waals surface area contributed by atoms with Gasteiger partial charge in [0.05, 0.1) is 18.1 Å². The molecule has 3 rings (SSSR count). The minimum atomic E-state index is -0.357. The smallest absolute Gasteiger partial charge is 0.270 e. The molecule has 1 saturated heterocycles. The van der Waals surface area contributed by atoms with Crippen molar-refractivity contribution >= 4 is 16.6 Å². The third-order valence-electron chi connectivity index (χ3n) is 3.73. The molecule has 0 bridgehead atoms. The molecule has 0 radical (unpaired) electrons. The van der Waals surface area contributed by atoms with Crippen molar-refractivity contribution in [3.63, 3.8) is 0 Å². The number of aromatic nitrogens is 1. The third-order valence-corrected chi connectivity index (χ3v) is 3.73. The summed E-state index contributed by atoms with van der Waals surface area (Å²) in [7, 11) is 0. The van der Waals surface area contributed by atoms with Gasteiger partial charge in [0.15, 0.2) is 0 Å². The Hall–Kier alpha value is -1.92. The van der Waals surface area contributed by atoms with Crippen LogP contribution in [-0.4, -0.2) is 47.2 Å². The van der Waals surface area contributed by atoms with E-state index in [4.69, 9.17) is 4.74 Å². The van der Waals surface area contributed by atoms with E-state index >= 15 is 0 Å². The topological polar surface area (TPSA) is 60.5 Å². The number of hydrogen-bond acceptors (Lipinski definition) is 4. The molecule has 0 saturated carbocycles. The van der Waals surface area contributed by atoms with Gasteiger partial charge in [-0.3, -0.25) is 15.0 Å². The van der Waals surface area contributed by atoms with E-state index in [2.05, 4.69) is 9.47 Å². The SMILES string of the molecule is O=[N+]([O-])c1ccc2c(ccn2CCN2CCOCC2)c1. The Kier molecular flexibility index (Phi) is 3.66. The van der Waals surface area contributed by atoms with Crippen LogP contribution in [0.25, 0.3) is 10.9 Å². The average Bonchev–Trinajstić information content (AvgIpc) is 2.88. The molecule has 6 heteroatoms. The highest BCUT2D eigenvalue weighted by Crippen LogP contribution is 2.21. The van der Waals surface area contributed by atoms with Gasteiger partial charge in [-0.05, 0) is 12.1 Å². The van der Waals surface area contributed by atoms with Crippen molar-refractivity contribution in [2.24, 2.45) is 0 Å². The number of rotatable bonds is 4. The summed E-state index contributed by atoms with van der Waals surface area (Å²) in [5.41, 5.74) is 1.19. The molecular formula is C14H17N3O3. The molecule has 106 valence electrons. The van der Waals surface area contributed by atoms with E-state index < -0.39 is 0 Å². The van der Waals surface area contributed by atoms with E-state index in [0.29, 0.717) is 0 Å². The van der Waals surface area contributed by atoms with Crippen LogP contribution in [0.5, 0.6) is 0 Å². The summed E-state index contributed by atoms with van der Waals surface area (Å²) in [6, 6.07) is 6.95. The van der Waals surface area contributed by atoms with Crippen molar-refractivity contribution in [2.75, 3.05) is 32.8 Å². The third kappa shape index (κ3) is 2.66. The van der Waals surface area contributed by atoms with Gasteiger partial charge < -0.3 is 9.30 Å². The number of benzene rings is 1. The van der Waals surface area contributed by atoms with Crippen LogP contribution in [0.15, 0.2) is 30.5 Å². The van der Waals surface area contributed by atoms with E-state index in [1.54, 1.807) is 12.1 Å². The number of nitro groups is 1. The summed E-state index contributed by atoms with van der Waals surface area (Å²) in [4.78, 5) is 12.8. The molecule has 2 heterocycles. The van der Waals surface area contributed by atoms with Crippen LogP contribution in [0.4, 0.5) is 5.69 Å². The van der Waals surface area contributed by atoms with E-state index in [0.717, 1.165) is 50.3 Å². The van der Waals surface area contributed by atoms with Crippen LogP contribution < -0.4 is 0 Å². The van der Waals surface area contributed by atoms with Gasteiger partial charge in [0.1, 0.15) is 0 Å². The van der Waals surface area contributed by atoms with Crippen molar-refractivity contribution in [1.29, 1.82) is 0 Å². The second kappa shape index (κ2) is 5.60. The summed E-state index contributed by atoms with van der Waals surface area (Å²) in [6.45, 7) is 5.43. The molecule has 0 amide bonds. The first-order valence-corrected chi connectivity index (χ1v) is 6.77. The molecule has 0 spiro atoms. The maximum absolute atomic E-state index is 10.8. The monoisotopic (exact) mass is 275 g/mol. The number of ether oxygens (including phenoxy) is 1. The molecular weight excluding hydrogens is 258 g/mol. The first-order chi connectivity index (χ1) is 9.74. The zero-order chi connectivity index (χ0) is 13.9. The van der Waals surface area contributed by atoms with Crippen LogP contribution in [0.2, 0.25) is 0 Å². The largest absolute Gasteiger partial charge is 0.379 e. The van der Waals surface area contributed by atoms with Crippen LogP contribution >= 0.6 is 0 Å². The normalized spacial score (nSPS) is 16.6. The lowest BCUT2D eigenvalue weighted by Gasteiger charge is -2.26. The Labute approximate surface area is 116 Å². The molecule has 1 aromatic heterocycles. The van der Waals surface area contributed by atoms with Crippen molar-refractivity contribution in [1.82, 2.24) is 9.47 Å². The summed E-state index contributed by atoms with van der Waals surface area (Å²) < 4.78 is 7.48. The lowest BCUT2D eigenvalue weighted by atomic mass is 10.2. The molecule has 2 aromatic rings. The Morgan fingerprint density at radius 1 is 1.20 bits per heavy atom. The second-order valence-corrected chi connectivity index (χ2v) is 4.96. The van der Waals surface area contributed by atoms with Crippen LogP contribution in [0.3, 0.4) is 0 Å². The Morgan fingerprint density at radius 3 is 2.75 bits per heavy atom.